The fourth-order valence-corrected chi connectivity index (χ4v) is 2.68. The molecule has 1 heterocycles. The predicted molar refractivity (Wildman–Crippen MR) is 79.8 cm³/mol. The van der Waals surface area contributed by atoms with E-state index in [0.29, 0.717) is 19.8 Å². The summed E-state index contributed by atoms with van der Waals surface area (Å²) in [7, 11) is 0. The first-order valence-corrected chi connectivity index (χ1v) is 7.28. The van der Waals surface area contributed by atoms with E-state index in [0.717, 1.165) is 17.9 Å². The molecule has 110 valence electrons. The van der Waals surface area contributed by atoms with Gasteiger partial charge < -0.3 is 15.8 Å². The third kappa shape index (κ3) is 3.51. The molecule has 1 fully saturated rings. The van der Waals surface area contributed by atoms with Crippen LogP contribution in [0.4, 0.5) is 0 Å². The lowest BCUT2D eigenvalue weighted by Crippen LogP contribution is -2.48. The van der Waals surface area contributed by atoms with Crippen LogP contribution in [0.2, 0.25) is 5.02 Å². The first kappa shape index (κ1) is 15.3. The highest BCUT2D eigenvalue weighted by Gasteiger charge is 2.35. The summed E-state index contributed by atoms with van der Waals surface area (Å²) < 4.78 is 5.46. The fraction of sp³-hybridized carbons (Fsp3) is 0.533. The van der Waals surface area contributed by atoms with E-state index in [1.807, 2.05) is 24.3 Å². The van der Waals surface area contributed by atoms with Crippen LogP contribution in [-0.4, -0.2) is 31.7 Å². The Kier molecular flexibility index (Phi) is 5.02. The smallest absolute Gasteiger partial charge is 0.236 e. The topological polar surface area (TPSA) is 64.4 Å². The van der Waals surface area contributed by atoms with Crippen LogP contribution in [0.15, 0.2) is 24.3 Å². The van der Waals surface area contributed by atoms with Crippen molar-refractivity contribution in [2.75, 3.05) is 19.8 Å². The standard InChI is InChI=1S/C15H21ClN2O2/c1-11(17)14(19)18-10-15(6-8-20-9-7-15)12-2-4-13(16)5-3-12/h2-5,11H,6-10,17H2,1H3,(H,18,19)/t11-/m0/s1. The molecule has 0 spiro atoms. The van der Waals surface area contributed by atoms with E-state index in [4.69, 9.17) is 22.1 Å². The number of nitrogens with two attached hydrogens (primary N) is 1. The summed E-state index contributed by atoms with van der Waals surface area (Å²) in [5, 5.41) is 3.67. The maximum Gasteiger partial charge on any atom is 0.236 e. The molecular formula is C15H21ClN2O2. The van der Waals surface area contributed by atoms with Crippen molar-refractivity contribution < 1.29 is 9.53 Å². The average molecular weight is 297 g/mol. The molecule has 3 N–H and O–H groups in total. The van der Waals surface area contributed by atoms with Gasteiger partial charge >= 0.3 is 0 Å². The molecular weight excluding hydrogens is 276 g/mol. The lowest BCUT2D eigenvalue weighted by molar-refractivity contribution is -0.122. The van der Waals surface area contributed by atoms with Crippen molar-refractivity contribution in [1.82, 2.24) is 5.32 Å². The van der Waals surface area contributed by atoms with E-state index >= 15 is 0 Å². The van der Waals surface area contributed by atoms with Crippen molar-refractivity contribution in [3.8, 4) is 0 Å². The molecule has 0 aliphatic carbocycles. The van der Waals surface area contributed by atoms with E-state index < -0.39 is 6.04 Å². The monoisotopic (exact) mass is 296 g/mol. The fourth-order valence-electron chi connectivity index (χ4n) is 2.55. The van der Waals surface area contributed by atoms with Crippen molar-refractivity contribution in [2.24, 2.45) is 5.73 Å². The van der Waals surface area contributed by atoms with Crippen molar-refractivity contribution in [1.29, 1.82) is 0 Å². The molecule has 1 atom stereocenters. The summed E-state index contributed by atoms with van der Waals surface area (Å²) in [4.78, 5) is 11.7. The quantitative estimate of drug-likeness (QED) is 0.891. The Bertz CT molecular complexity index is 453. The molecule has 1 aromatic rings. The normalized spacial score (nSPS) is 19.4. The number of hydrogen-bond acceptors (Lipinski definition) is 3. The van der Waals surface area contributed by atoms with Gasteiger partial charge in [0.05, 0.1) is 6.04 Å². The maximum absolute atomic E-state index is 11.7. The summed E-state index contributed by atoms with van der Waals surface area (Å²) in [5.74, 6) is -0.121. The van der Waals surface area contributed by atoms with Gasteiger partial charge in [-0.25, -0.2) is 0 Å². The van der Waals surface area contributed by atoms with Crippen LogP contribution in [0, 0.1) is 0 Å². The molecule has 1 saturated heterocycles. The summed E-state index contributed by atoms with van der Waals surface area (Å²) in [6, 6.07) is 7.36. The van der Waals surface area contributed by atoms with Gasteiger partial charge in [-0.1, -0.05) is 23.7 Å². The van der Waals surface area contributed by atoms with Gasteiger partial charge in [-0.2, -0.15) is 0 Å². The molecule has 1 aliphatic heterocycles. The van der Waals surface area contributed by atoms with E-state index in [-0.39, 0.29) is 11.3 Å². The minimum atomic E-state index is -0.489. The Morgan fingerprint density at radius 3 is 2.55 bits per heavy atom. The Hall–Kier alpha value is -1.10. The van der Waals surface area contributed by atoms with Gasteiger partial charge in [0.2, 0.25) is 5.91 Å². The molecule has 5 heteroatoms. The van der Waals surface area contributed by atoms with Crippen LogP contribution in [-0.2, 0) is 14.9 Å². The van der Waals surface area contributed by atoms with Crippen LogP contribution in [0.1, 0.15) is 25.3 Å². The number of rotatable bonds is 4. The summed E-state index contributed by atoms with van der Waals surface area (Å²) >= 11 is 5.95. The zero-order valence-corrected chi connectivity index (χ0v) is 12.5. The lowest BCUT2D eigenvalue weighted by atomic mass is 9.74. The van der Waals surface area contributed by atoms with Crippen LogP contribution in [0.25, 0.3) is 0 Å². The first-order chi connectivity index (χ1) is 9.53. The molecule has 1 aromatic carbocycles. The van der Waals surface area contributed by atoms with Crippen molar-refractivity contribution in [3.05, 3.63) is 34.9 Å². The number of benzene rings is 1. The molecule has 0 unspecified atom stereocenters. The molecule has 1 aliphatic rings. The average Bonchev–Trinajstić information content (AvgIpc) is 2.46. The summed E-state index contributed by atoms with van der Waals surface area (Å²) in [6.07, 6.45) is 1.77. The molecule has 0 saturated carbocycles. The number of hydrogen-bond donors (Lipinski definition) is 2. The van der Waals surface area contributed by atoms with Crippen LogP contribution in [0.3, 0.4) is 0 Å². The van der Waals surface area contributed by atoms with Gasteiger partial charge in [0.25, 0.3) is 0 Å². The predicted octanol–water partition coefficient (Wildman–Crippen LogP) is 1.85. The third-order valence-electron chi connectivity index (χ3n) is 3.92. The van der Waals surface area contributed by atoms with Crippen LogP contribution in [0.5, 0.6) is 0 Å². The van der Waals surface area contributed by atoms with Gasteiger partial charge in [0.15, 0.2) is 0 Å². The second-order valence-corrected chi connectivity index (χ2v) is 5.84. The number of carbonyl (C=O) groups excluding carboxylic acids is 1. The highest BCUT2D eigenvalue weighted by atomic mass is 35.5. The minimum Gasteiger partial charge on any atom is -0.381 e. The molecule has 20 heavy (non-hydrogen) atoms. The van der Waals surface area contributed by atoms with E-state index in [2.05, 4.69) is 5.32 Å². The Labute approximate surface area is 124 Å². The second kappa shape index (κ2) is 6.57. The number of carbonyl (C=O) groups is 1. The van der Waals surface area contributed by atoms with E-state index in [9.17, 15) is 4.79 Å². The van der Waals surface area contributed by atoms with E-state index in [1.54, 1.807) is 6.92 Å². The third-order valence-corrected chi connectivity index (χ3v) is 4.17. The SMILES string of the molecule is C[C@H](N)C(=O)NCC1(c2ccc(Cl)cc2)CCOCC1. The van der Waals surface area contributed by atoms with E-state index in [1.165, 1.54) is 5.56 Å². The summed E-state index contributed by atoms with van der Waals surface area (Å²) in [5.41, 5.74) is 6.70. The van der Waals surface area contributed by atoms with Crippen molar-refractivity contribution in [2.45, 2.75) is 31.2 Å². The number of halogens is 1. The molecule has 4 nitrogen and oxygen atoms in total. The number of nitrogens with one attached hydrogen (secondary N) is 1. The van der Waals surface area contributed by atoms with Crippen LogP contribution < -0.4 is 11.1 Å². The molecule has 0 aromatic heterocycles. The van der Waals surface area contributed by atoms with Gasteiger partial charge in [-0.3, -0.25) is 4.79 Å². The highest BCUT2D eigenvalue weighted by molar-refractivity contribution is 6.30. The highest BCUT2D eigenvalue weighted by Crippen LogP contribution is 2.34. The zero-order valence-electron chi connectivity index (χ0n) is 11.7. The van der Waals surface area contributed by atoms with Crippen LogP contribution >= 0.6 is 11.6 Å². The van der Waals surface area contributed by atoms with Gasteiger partial charge in [-0.05, 0) is 37.5 Å². The Morgan fingerprint density at radius 1 is 1.40 bits per heavy atom. The Morgan fingerprint density at radius 2 is 2.00 bits per heavy atom. The van der Waals surface area contributed by atoms with Gasteiger partial charge in [0, 0.05) is 30.2 Å². The maximum atomic E-state index is 11.7. The lowest BCUT2D eigenvalue weighted by Gasteiger charge is -2.38. The first-order valence-electron chi connectivity index (χ1n) is 6.91. The van der Waals surface area contributed by atoms with Crippen molar-refractivity contribution >= 4 is 17.5 Å². The minimum absolute atomic E-state index is 0.0899. The van der Waals surface area contributed by atoms with Gasteiger partial charge in [0.1, 0.15) is 0 Å². The van der Waals surface area contributed by atoms with Crippen molar-refractivity contribution in [3.63, 3.8) is 0 Å². The number of ether oxygens (including phenoxy) is 1. The van der Waals surface area contributed by atoms with Gasteiger partial charge in [-0.15, -0.1) is 0 Å². The molecule has 2 rings (SSSR count). The zero-order chi connectivity index (χ0) is 14.6. The summed E-state index contributed by atoms with van der Waals surface area (Å²) in [6.45, 7) is 3.68. The Balaban J connectivity index is 2.17. The molecule has 1 amide bonds. The largest absolute Gasteiger partial charge is 0.381 e. The molecule has 0 radical (unpaired) electrons. The number of amides is 1. The second-order valence-electron chi connectivity index (χ2n) is 5.41. The molecule has 0 bridgehead atoms.